The summed E-state index contributed by atoms with van der Waals surface area (Å²) in [6.07, 6.45) is 1.92. The van der Waals surface area contributed by atoms with Crippen molar-refractivity contribution in [2.75, 3.05) is 16.8 Å². The van der Waals surface area contributed by atoms with E-state index in [4.69, 9.17) is 0 Å². The van der Waals surface area contributed by atoms with Crippen molar-refractivity contribution in [3.63, 3.8) is 0 Å². The number of carbonyl (C=O) groups is 2. The van der Waals surface area contributed by atoms with E-state index in [-0.39, 0.29) is 17.7 Å². The van der Waals surface area contributed by atoms with E-state index >= 15 is 0 Å². The Kier molecular flexibility index (Phi) is 4.48. The van der Waals surface area contributed by atoms with Crippen molar-refractivity contribution in [3.8, 4) is 0 Å². The molecule has 0 unspecified atom stereocenters. The molecule has 120 valence electrons. The molecule has 1 N–H and O–H groups in total. The molecule has 0 saturated heterocycles. The second-order valence-corrected chi connectivity index (χ2v) is 6.97. The van der Waals surface area contributed by atoms with Crippen LogP contribution < -0.4 is 10.2 Å². The molecule has 3 rings (SSSR count). The average Bonchev–Trinajstić information content (AvgIpc) is 3.08. The summed E-state index contributed by atoms with van der Waals surface area (Å²) in [6.45, 7) is 4.44. The fraction of sp³-hybridized carbons (Fsp3) is 0.333. The van der Waals surface area contributed by atoms with Gasteiger partial charge < -0.3 is 10.2 Å². The van der Waals surface area contributed by atoms with Crippen LogP contribution in [0.4, 0.5) is 11.4 Å². The van der Waals surface area contributed by atoms with Gasteiger partial charge >= 0.3 is 0 Å². The van der Waals surface area contributed by atoms with Crippen molar-refractivity contribution in [1.29, 1.82) is 0 Å². The second-order valence-electron chi connectivity index (χ2n) is 6.03. The van der Waals surface area contributed by atoms with Crippen molar-refractivity contribution in [2.24, 2.45) is 5.92 Å². The maximum atomic E-state index is 12.7. The topological polar surface area (TPSA) is 49.4 Å². The fourth-order valence-corrected chi connectivity index (χ4v) is 3.36. The first kappa shape index (κ1) is 15.7. The molecular formula is C18H20N2O2S. The minimum absolute atomic E-state index is 0.0168. The minimum atomic E-state index is -0.0742. The molecule has 4 nitrogen and oxygen atoms in total. The summed E-state index contributed by atoms with van der Waals surface area (Å²) >= 11 is 1.46. The van der Waals surface area contributed by atoms with E-state index in [9.17, 15) is 9.59 Å². The Morgan fingerprint density at radius 3 is 2.78 bits per heavy atom. The molecule has 5 heteroatoms. The first-order valence-electron chi connectivity index (χ1n) is 7.85. The molecule has 23 heavy (non-hydrogen) atoms. The van der Waals surface area contributed by atoms with Crippen molar-refractivity contribution < 1.29 is 9.59 Å². The van der Waals surface area contributed by atoms with Crippen LogP contribution in [0.2, 0.25) is 0 Å². The van der Waals surface area contributed by atoms with Gasteiger partial charge in [0, 0.05) is 23.8 Å². The number of carbonyl (C=O) groups excluding carboxylic acids is 2. The average molecular weight is 328 g/mol. The number of nitrogens with zero attached hydrogens (tertiary/aromatic N) is 1. The Morgan fingerprint density at radius 2 is 2.09 bits per heavy atom. The van der Waals surface area contributed by atoms with Gasteiger partial charge in [-0.1, -0.05) is 26.0 Å². The molecule has 2 heterocycles. The summed E-state index contributed by atoms with van der Waals surface area (Å²) in [7, 11) is 0. The minimum Gasteiger partial charge on any atom is -0.326 e. The van der Waals surface area contributed by atoms with Crippen LogP contribution in [0, 0.1) is 5.92 Å². The highest BCUT2D eigenvalue weighted by Gasteiger charge is 2.24. The second kappa shape index (κ2) is 6.54. The summed E-state index contributed by atoms with van der Waals surface area (Å²) in [4.78, 5) is 27.2. The lowest BCUT2D eigenvalue weighted by Crippen LogP contribution is -2.35. The van der Waals surface area contributed by atoms with Crippen molar-refractivity contribution >= 4 is 34.5 Å². The fourth-order valence-electron chi connectivity index (χ4n) is 2.68. The van der Waals surface area contributed by atoms with Crippen LogP contribution in [0.3, 0.4) is 0 Å². The van der Waals surface area contributed by atoms with Crippen LogP contribution in [0.5, 0.6) is 0 Å². The number of benzene rings is 1. The van der Waals surface area contributed by atoms with Gasteiger partial charge in [0.25, 0.3) is 5.91 Å². The van der Waals surface area contributed by atoms with E-state index in [0.717, 1.165) is 34.7 Å². The van der Waals surface area contributed by atoms with E-state index in [0.29, 0.717) is 6.54 Å². The van der Waals surface area contributed by atoms with Gasteiger partial charge in [-0.05, 0) is 42.0 Å². The molecule has 0 radical (unpaired) electrons. The Morgan fingerprint density at radius 1 is 1.26 bits per heavy atom. The zero-order valence-corrected chi connectivity index (χ0v) is 14.2. The number of hydrogen-bond donors (Lipinski definition) is 1. The van der Waals surface area contributed by atoms with Gasteiger partial charge in [0.15, 0.2) is 0 Å². The monoisotopic (exact) mass is 328 g/mol. The highest BCUT2D eigenvalue weighted by Crippen LogP contribution is 2.32. The number of amides is 2. The molecule has 0 atom stereocenters. The number of fused-ring (bicyclic) bond motifs is 1. The third kappa shape index (κ3) is 3.29. The standard InChI is InChI=1S/C18H20N2O2S/c1-12(2)17(21)19-14-8-7-13-5-3-9-20(15(13)11-14)18(22)16-6-4-10-23-16/h4,6-8,10-12H,3,5,9H2,1-2H3,(H,19,21). The van der Waals surface area contributed by atoms with E-state index in [1.165, 1.54) is 11.3 Å². The van der Waals surface area contributed by atoms with Gasteiger partial charge in [0.2, 0.25) is 5.91 Å². The van der Waals surface area contributed by atoms with Crippen LogP contribution in [0.1, 0.15) is 35.5 Å². The molecule has 0 aliphatic carbocycles. The van der Waals surface area contributed by atoms with Gasteiger partial charge in [0.05, 0.1) is 4.88 Å². The van der Waals surface area contributed by atoms with Crippen molar-refractivity contribution in [2.45, 2.75) is 26.7 Å². The Hall–Kier alpha value is -2.14. The SMILES string of the molecule is CC(C)C(=O)Nc1ccc2c(c1)N(C(=O)c1cccs1)CCC2. The van der Waals surface area contributed by atoms with Gasteiger partial charge in [-0.15, -0.1) is 11.3 Å². The first-order valence-corrected chi connectivity index (χ1v) is 8.73. The highest BCUT2D eigenvalue weighted by molar-refractivity contribution is 7.12. The van der Waals surface area contributed by atoms with Gasteiger partial charge in [-0.3, -0.25) is 9.59 Å². The zero-order chi connectivity index (χ0) is 16.4. The quantitative estimate of drug-likeness (QED) is 0.928. The molecule has 0 saturated carbocycles. The summed E-state index contributed by atoms with van der Waals surface area (Å²) in [5, 5.41) is 4.83. The number of aryl methyl sites for hydroxylation is 1. The third-order valence-corrected chi connectivity index (χ3v) is 4.83. The lowest BCUT2D eigenvalue weighted by atomic mass is 10.0. The summed E-state index contributed by atoms with van der Waals surface area (Å²) < 4.78 is 0. The Bertz CT molecular complexity index is 723. The van der Waals surface area contributed by atoms with Crippen LogP contribution in [0.15, 0.2) is 35.7 Å². The summed E-state index contributed by atoms with van der Waals surface area (Å²) in [5.74, 6) is -0.0555. The number of anilines is 2. The zero-order valence-electron chi connectivity index (χ0n) is 13.3. The lowest BCUT2D eigenvalue weighted by Gasteiger charge is -2.29. The lowest BCUT2D eigenvalue weighted by molar-refractivity contribution is -0.118. The normalized spacial score (nSPS) is 13.8. The maximum Gasteiger partial charge on any atom is 0.268 e. The van der Waals surface area contributed by atoms with Crippen molar-refractivity contribution in [3.05, 3.63) is 46.2 Å². The smallest absolute Gasteiger partial charge is 0.268 e. The largest absolute Gasteiger partial charge is 0.326 e. The van der Waals surface area contributed by atoms with E-state index < -0.39 is 0 Å². The number of rotatable bonds is 3. The number of hydrogen-bond acceptors (Lipinski definition) is 3. The van der Waals surface area contributed by atoms with Crippen LogP contribution >= 0.6 is 11.3 Å². The Balaban J connectivity index is 1.90. The molecule has 1 aliphatic rings. The van der Waals surface area contributed by atoms with Gasteiger partial charge in [0.1, 0.15) is 0 Å². The third-order valence-electron chi connectivity index (χ3n) is 3.97. The summed E-state index contributed by atoms with van der Waals surface area (Å²) in [6, 6.07) is 9.59. The van der Waals surface area contributed by atoms with Crippen LogP contribution in [0.25, 0.3) is 0 Å². The number of thiophene rings is 1. The van der Waals surface area contributed by atoms with Crippen LogP contribution in [-0.4, -0.2) is 18.4 Å². The highest BCUT2D eigenvalue weighted by atomic mass is 32.1. The molecule has 2 aromatic rings. The van der Waals surface area contributed by atoms with Gasteiger partial charge in [-0.25, -0.2) is 0 Å². The number of nitrogens with one attached hydrogen (secondary N) is 1. The molecule has 2 amide bonds. The molecule has 1 aromatic heterocycles. The predicted octanol–water partition coefficient (Wildman–Crippen LogP) is 3.94. The molecule has 1 aliphatic heterocycles. The molecule has 0 spiro atoms. The van der Waals surface area contributed by atoms with Crippen LogP contribution in [-0.2, 0) is 11.2 Å². The first-order chi connectivity index (χ1) is 11.1. The predicted molar refractivity (Wildman–Crippen MR) is 94.2 cm³/mol. The molecular weight excluding hydrogens is 308 g/mol. The molecule has 1 aromatic carbocycles. The molecule has 0 bridgehead atoms. The van der Waals surface area contributed by atoms with Gasteiger partial charge in [-0.2, -0.15) is 0 Å². The van der Waals surface area contributed by atoms with E-state index in [2.05, 4.69) is 5.32 Å². The summed E-state index contributed by atoms with van der Waals surface area (Å²) in [5.41, 5.74) is 2.81. The van der Waals surface area contributed by atoms with E-state index in [1.54, 1.807) is 0 Å². The Labute approximate surface area is 140 Å². The van der Waals surface area contributed by atoms with E-state index in [1.807, 2.05) is 54.5 Å². The molecule has 0 fully saturated rings. The maximum absolute atomic E-state index is 12.7. The van der Waals surface area contributed by atoms with Crippen molar-refractivity contribution in [1.82, 2.24) is 0 Å².